The molecule has 104 valence electrons. The molecule has 4 nitrogen and oxygen atoms in total. The zero-order valence-electron chi connectivity index (χ0n) is 11.0. The van der Waals surface area contributed by atoms with Crippen LogP contribution in [-0.2, 0) is 0 Å². The van der Waals surface area contributed by atoms with Gasteiger partial charge in [-0.15, -0.1) is 11.3 Å². The first-order valence-corrected chi connectivity index (χ1v) is 7.51. The van der Waals surface area contributed by atoms with Crippen LogP contribution in [0.15, 0.2) is 11.4 Å². The molecule has 1 atom stereocenters. The molecule has 19 heavy (non-hydrogen) atoms. The third-order valence-corrected chi connectivity index (χ3v) is 4.57. The standard InChI is InChI=1S/C14H19NO3S/c1-9(16)11-6-13(19-8-11)14(18)15-7-12(17)10-4-2-3-5-10/h6,8,10,12,17H,2-5,7H2,1H3,(H,15,18). The smallest absolute Gasteiger partial charge is 0.261 e. The lowest BCUT2D eigenvalue weighted by molar-refractivity contribution is 0.0844. The SMILES string of the molecule is CC(=O)c1csc(C(=O)NCC(O)C2CCCC2)c1. The van der Waals surface area contributed by atoms with Gasteiger partial charge >= 0.3 is 0 Å². The summed E-state index contributed by atoms with van der Waals surface area (Å²) in [6.07, 6.45) is 3.97. The lowest BCUT2D eigenvalue weighted by Crippen LogP contribution is -2.35. The van der Waals surface area contributed by atoms with Crippen molar-refractivity contribution in [3.63, 3.8) is 0 Å². The molecule has 1 aliphatic carbocycles. The molecule has 1 heterocycles. The number of nitrogens with one attached hydrogen (secondary N) is 1. The molecule has 0 bridgehead atoms. The molecule has 2 rings (SSSR count). The first-order chi connectivity index (χ1) is 9.08. The van der Waals surface area contributed by atoms with Gasteiger partial charge in [-0.2, -0.15) is 0 Å². The number of ketones is 1. The van der Waals surface area contributed by atoms with Crippen LogP contribution in [0.3, 0.4) is 0 Å². The highest BCUT2D eigenvalue weighted by atomic mass is 32.1. The number of hydrogen-bond acceptors (Lipinski definition) is 4. The van der Waals surface area contributed by atoms with Crippen molar-refractivity contribution in [3.8, 4) is 0 Å². The summed E-state index contributed by atoms with van der Waals surface area (Å²) in [6, 6.07) is 1.60. The zero-order valence-corrected chi connectivity index (χ0v) is 11.8. The topological polar surface area (TPSA) is 66.4 Å². The molecule has 0 spiro atoms. The molecule has 0 saturated heterocycles. The third kappa shape index (κ3) is 3.64. The first-order valence-electron chi connectivity index (χ1n) is 6.63. The average Bonchev–Trinajstić information content (AvgIpc) is 3.05. The quantitative estimate of drug-likeness (QED) is 0.813. The molecule has 2 N–H and O–H groups in total. The predicted molar refractivity (Wildman–Crippen MR) is 74.6 cm³/mol. The molecule has 1 amide bonds. The van der Waals surface area contributed by atoms with Gasteiger partial charge in [0.1, 0.15) is 0 Å². The molecular weight excluding hydrogens is 262 g/mol. The molecule has 1 unspecified atom stereocenters. The Morgan fingerprint density at radius 3 is 2.74 bits per heavy atom. The van der Waals surface area contributed by atoms with E-state index in [1.165, 1.54) is 31.1 Å². The van der Waals surface area contributed by atoms with E-state index in [-0.39, 0.29) is 18.2 Å². The Labute approximate surface area is 116 Å². The Balaban J connectivity index is 1.84. The van der Waals surface area contributed by atoms with E-state index < -0.39 is 6.10 Å². The van der Waals surface area contributed by atoms with Crippen molar-refractivity contribution in [3.05, 3.63) is 21.9 Å². The van der Waals surface area contributed by atoms with Crippen LogP contribution >= 0.6 is 11.3 Å². The number of Topliss-reactive ketones (excluding diaryl/α,β-unsaturated/α-hetero) is 1. The van der Waals surface area contributed by atoms with Crippen molar-refractivity contribution in [2.75, 3.05) is 6.54 Å². The fourth-order valence-electron chi connectivity index (χ4n) is 2.43. The van der Waals surface area contributed by atoms with Crippen LogP contribution in [0.1, 0.15) is 52.6 Å². The van der Waals surface area contributed by atoms with Crippen LogP contribution < -0.4 is 5.32 Å². The molecule has 1 fully saturated rings. The van der Waals surface area contributed by atoms with E-state index in [1.54, 1.807) is 11.4 Å². The van der Waals surface area contributed by atoms with Gasteiger partial charge in [-0.1, -0.05) is 12.8 Å². The van der Waals surface area contributed by atoms with Crippen LogP contribution in [0.4, 0.5) is 0 Å². The van der Waals surface area contributed by atoms with Crippen LogP contribution in [0.5, 0.6) is 0 Å². The number of aliphatic hydroxyl groups excluding tert-OH is 1. The van der Waals surface area contributed by atoms with Crippen LogP contribution in [0.25, 0.3) is 0 Å². The van der Waals surface area contributed by atoms with Gasteiger partial charge < -0.3 is 10.4 Å². The molecule has 0 aliphatic heterocycles. The van der Waals surface area contributed by atoms with Crippen molar-refractivity contribution < 1.29 is 14.7 Å². The summed E-state index contributed by atoms with van der Waals surface area (Å²) in [5, 5.41) is 14.4. The normalized spacial score (nSPS) is 17.4. The van der Waals surface area contributed by atoms with Crippen LogP contribution in [-0.4, -0.2) is 29.4 Å². The largest absolute Gasteiger partial charge is 0.391 e. The Bertz CT molecular complexity index is 463. The predicted octanol–water partition coefficient (Wildman–Crippen LogP) is 2.23. The Morgan fingerprint density at radius 2 is 2.16 bits per heavy atom. The minimum atomic E-state index is -0.460. The number of rotatable bonds is 5. The highest BCUT2D eigenvalue weighted by Crippen LogP contribution is 2.27. The van der Waals surface area contributed by atoms with E-state index in [0.717, 1.165) is 12.8 Å². The molecule has 1 saturated carbocycles. The molecule has 5 heteroatoms. The highest BCUT2D eigenvalue weighted by molar-refractivity contribution is 7.12. The van der Waals surface area contributed by atoms with Crippen molar-refractivity contribution in [2.24, 2.45) is 5.92 Å². The first kappa shape index (κ1) is 14.2. The second-order valence-corrected chi connectivity index (χ2v) is 5.99. The fourth-order valence-corrected chi connectivity index (χ4v) is 3.30. The summed E-state index contributed by atoms with van der Waals surface area (Å²) >= 11 is 1.26. The maximum absolute atomic E-state index is 11.9. The second-order valence-electron chi connectivity index (χ2n) is 5.08. The molecule has 1 aliphatic rings. The van der Waals surface area contributed by atoms with Gasteiger partial charge in [-0.05, 0) is 31.7 Å². The molecule has 1 aromatic heterocycles. The number of amides is 1. The van der Waals surface area contributed by atoms with Crippen LogP contribution in [0, 0.1) is 5.92 Å². The minimum Gasteiger partial charge on any atom is -0.391 e. The lowest BCUT2D eigenvalue weighted by Gasteiger charge is -2.17. The lowest BCUT2D eigenvalue weighted by atomic mass is 10.0. The average molecular weight is 281 g/mol. The van der Waals surface area contributed by atoms with Gasteiger partial charge in [0, 0.05) is 17.5 Å². The van der Waals surface area contributed by atoms with Crippen molar-refractivity contribution in [1.82, 2.24) is 5.32 Å². The van der Waals surface area contributed by atoms with E-state index in [1.807, 2.05) is 0 Å². The third-order valence-electron chi connectivity index (χ3n) is 3.65. The monoisotopic (exact) mass is 281 g/mol. The van der Waals surface area contributed by atoms with Gasteiger partial charge in [0.2, 0.25) is 0 Å². The van der Waals surface area contributed by atoms with Gasteiger partial charge in [0.25, 0.3) is 5.91 Å². The molecule has 0 aromatic carbocycles. The number of carbonyl (C=O) groups is 2. The summed E-state index contributed by atoms with van der Waals surface area (Å²) in [5.41, 5.74) is 0.562. The molecule has 0 radical (unpaired) electrons. The molecule has 1 aromatic rings. The molecular formula is C14H19NO3S. The van der Waals surface area contributed by atoms with Crippen molar-refractivity contribution in [2.45, 2.75) is 38.7 Å². The number of aliphatic hydroxyl groups is 1. The maximum Gasteiger partial charge on any atom is 0.261 e. The summed E-state index contributed by atoms with van der Waals surface area (Å²) in [4.78, 5) is 23.6. The van der Waals surface area contributed by atoms with Crippen molar-refractivity contribution in [1.29, 1.82) is 0 Å². The second kappa shape index (κ2) is 6.30. The summed E-state index contributed by atoms with van der Waals surface area (Å²) in [5.74, 6) is 0.0623. The summed E-state index contributed by atoms with van der Waals surface area (Å²) < 4.78 is 0. The van der Waals surface area contributed by atoms with Crippen LogP contribution in [0.2, 0.25) is 0 Å². The summed E-state index contributed by atoms with van der Waals surface area (Å²) in [7, 11) is 0. The minimum absolute atomic E-state index is 0.0405. The number of thiophene rings is 1. The number of carbonyl (C=O) groups excluding carboxylic acids is 2. The zero-order chi connectivity index (χ0) is 13.8. The highest BCUT2D eigenvalue weighted by Gasteiger charge is 2.23. The van der Waals surface area contributed by atoms with E-state index in [4.69, 9.17) is 0 Å². The maximum atomic E-state index is 11.9. The number of hydrogen-bond donors (Lipinski definition) is 2. The van der Waals surface area contributed by atoms with Gasteiger partial charge in [-0.3, -0.25) is 9.59 Å². The van der Waals surface area contributed by atoms with E-state index in [0.29, 0.717) is 16.4 Å². The Morgan fingerprint density at radius 1 is 1.47 bits per heavy atom. The van der Waals surface area contributed by atoms with E-state index in [9.17, 15) is 14.7 Å². The Kier molecular flexibility index (Phi) is 4.71. The van der Waals surface area contributed by atoms with Gasteiger partial charge in [0.15, 0.2) is 5.78 Å². The fraction of sp³-hybridized carbons (Fsp3) is 0.571. The van der Waals surface area contributed by atoms with E-state index in [2.05, 4.69) is 5.32 Å². The van der Waals surface area contributed by atoms with Gasteiger partial charge in [0.05, 0.1) is 11.0 Å². The van der Waals surface area contributed by atoms with Gasteiger partial charge in [-0.25, -0.2) is 0 Å². The summed E-state index contributed by atoms with van der Waals surface area (Å²) in [6.45, 7) is 1.77. The van der Waals surface area contributed by atoms with Crippen molar-refractivity contribution >= 4 is 23.0 Å². The van der Waals surface area contributed by atoms with E-state index >= 15 is 0 Å². The Hall–Kier alpha value is -1.20.